The number of nitrogens with one attached hydrogen (secondary N) is 2. The summed E-state index contributed by atoms with van der Waals surface area (Å²) in [4.78, 5) is 4.34. The van der Waals surface area contributed by atoms with Gasteiger partial charge in [0.1, 0.15) is 13.2 Å². The lowest BCUT2D eigenvalue weighted by molar-refractivity contribution is 0.171. The Balaban J connectivity index is 1.92. The van der Waals surface area contributed by atoms with Crippen molar-refractivity contribution in [1.82, 2.24) is 10.7 Å². The summed E-state index contributed by atoms with van der Waals surface area (Å²) in [6, 6.07) is 5.98. The van der Waals surface area contributed by atoms with Gasteiger partial charge in [-0.2, -0.15) is 0 Å². The highest BCUT2D eigenvalue weighted by Crippen LogP contribution is 2.30. The fraction of sp³-hybridized carbons (Fsp3) is 0.462. The number of ether oxygens (including phenoxy) is 2. The third-order valence-corrected chi connectivity index (χ3v) is 2.76. The number of fused-ring (bicyclic) bond motifs is 1. The zero-order chi connectivity index (χ0) is 13.5. The van der Waals surface area contributed by atoms with E-state index < -0.39 is 0 Å². The largest absolute Gasteiger partial charge is 0.486 e. The van der Waals surface area contributed by atoms with Crippen molar-refractivity contribution in [2.75, 3.05) is 26.3 Å². The van der Waals surface area contributed by atoms with E-state index in [4.69, 9.17) is 15.3 Å². The molecule has 0 aliphatic carbocycles. The van der Waals surface area contributed by atoms with Crippen LogP contribution in [0.5, 0.6) is 11.5 Å². The van der Waals surface area contributed by atoms with Gasteiger partial charge in [0.2, 0.25) is 5.96 Å². The van der Waals surface area contributed by atoms with Crippen LogP contribution in [0.25, 0.3) is 0 Å². The first-order chi connectivity index (χ1) is 9.33. The minimum Gasteiger partial charge on any atom is -0.486 e. The highest BCUT2D eigenvalue weighted by atomic mass is 16.6. The van der Waals surface area contributed by atoms with Crippen LogP contribution >= 0.6 is 0 Å². The van der Waals surface area contributed by atoms with Gasteiger partial charge in [-0.25, -0.2) is 5.84 Å². The molecule has 6 heteroatoms. The predicted molar refractivity (Wildman–Crippen MR) is 74.4 cm³/mol. The van der Waals surface area contributed by atoms with E-state index in [1.54, 1.807) is 0 Å². The van der Waals surface area contributed by atoms with Gasteiger partial charge in [-0.3, -0.25) is 10.4 Å². The minimum absolute atomic E-state index is 0.607. The maximum absolute atomic E-state index is 5.55. The number of nitrogens with zero attached hydrogens (tertiary/aromatic N) is 1. The van der Waals surface area contributed by atoms with Gasteiger partial charge in [-0.15, -0.1) is 0 Å². The van der Waals surface area contributed by atoms with Crippen molar-refractivity contribution in [2.24, 2.45) is 10.8 Å². The Kier molecular flexibility index (Phi) is 4.85. The third kappa shape index (κ3) is 3.75. The standard InChI is InChI=1S/C13H20N4O2/c1-2-15-13(17-14)16-6-5-10-3-4-11-12(9-10)19-8-7-18-11/h3-4,9H,2,5-8,14H2,1H3,(H2,15,16,17). The predicted octanol–water partition coefficient (Wildman–Crippen LogP) is 0.429. The molecule has 0 unspecified atom stereocenters. The van der Waals surface area contributed by atoms with Gasteiger partial charge >= 0.3 is 0 Å². The molecule has 104 valence electrons. The summed E-state index contributed by atoms with van der Waals surface area (Å²) in [5.41, 5.74) is 3.70. The zero-order valence-corrected chi connectivity index (χ0v) is 11.1. The SMILES string of the molecule is CCNC(=NCCc1ccc2c(c1)OCCO2)NN. The molecule has 0 spiro atoms. The first kappa shape index (κ1) is 13.5. The molecule has 0 saturated carbocycles. The Morgan fingerprint density at radius 3 is 2.84 bits per heavy atom. The number of benzene rings is 1. The molecule has 1 aromatic carbocycles. The molecule has 0 bridgehead atoms. The van der Waals surface area contributed by atoms with Crippen molar-refractivity contribution in [3.63, 3.8) is 0 Å². The second-order valence-electron chi connectivity index (χ2n) is 4.13. The van der Waals surface area contributed by atoms with Gasteiger partial charge in [0.05, 0.1) is 0 Å². The zero-order valence-electron chi connectivity index (χ0n) is 11.1. The van der Waals surface area contributed by atoms with Crippen molar-refractivity contribution < 1.29 is 9.47 Å². The number of nitrogens with two attached hydrogens (primary N) is 1. The van der Waals surface area contributed by atoms with Crippen LogP contribution < -0.4 is 26.1 Å². The van der Waals surface area contributed by atoms with Crippen LogP contribution in [-0.4, -0.2) is 32.3 Å². The van der Waals surface area contributed by atoms with Gasteiger partial charge in [0.25, 0.3) is 0 Å². The smallest absolute Gasteiger partial charge is 0.205 e. The highest BCUT2D eigenvalue weighted by molar-refractivity contribution is 5.79. The minimum atomic E-state index is 0.607. The molecule has 0 saturated heterocycles. The van der Waals surface area contributed by atoms with E-state index in [-0.39, 0.29) is 0 Å². The van der Waals surface area contributed by atoms with E-state index in [1.807, 2.05) is 25.1 Å². The summed E-state index contributed by atoms with van der Waals surface area (Å²) in [5, 5.41) is 3.04. The Morgan fingerprint density at radius 1 is 1.32 bits per heavy atom. The van der Waals surface area contributed by atoms with Crippen LogP contribution in [0.1, 0.15) is 12.5 Å². The lowest BCUT2D eigenvalue weighted by Crippen LogP contribution is -2.41. The van der Waals surface area contributed by atoms with Gasteiger partial charge < -0.3 is 14.8 Å². The molecule has 19 heavy (non-hydrogen) atoms. The lowest BCUT2D eigenvalue weighted by Gasteiger charge is -2.18. The molecule has 0 amide bonds. The highest BCUT2D eigenvalue weighted by Gasteiger charge is 2.11. The van der Waals surface area contributed by atoms with Crippen molar-refractivity contribution in [3.05, 3.63) is 23.8 Å². The molecular formula is C13H20N4O2. The summed E-state index contributed by atoms with van der Waals surface area (Å²) >= 11 is 0. The maximum atomic E-state index is 5.55. The van der Waals surface area contributed by atoms with E-state index in [1.165, 1.54) is 5.56 Å². The van der Waals surface area contributed by atoms with E-state index in [0.29, 0.717) is 25.7 Å². The average Bonchev–Trinajstić information content (AvgIpc) is 2.46. The van der Waals surface area contributed by atoms with E-state index >= 15 is 0 Å². The molecule has 1 heterocycles. The molecule has 0 radical (unpaired) electrons. The number of hydrazine groups is 1. The number of aliphatic imine (C=N–C) groups is 1. The fourth-order valence-corrected chi connectivity index (χ4v) is 1.86. The van der Waals surface area contributed by atoms with Crippen LogP contribution in [0.3, 0.4) is 0 Å². The Labute approximate surface area is 113 Å². The number of hydrogen-bond acceptors (Lipinski definition) is 4. The van der Waals surface area contributed by atoms with Crippen LogP contribution in [0, 0.1) is 0 Å². The van der Waals surface area contributed by atoms with Crippen LogP contribution in [-0.2, 0) is 6.42 Å². The summed E-state index contributed by atoms with van der Waals surface area (Å²) < 4.78 is 11.0. The van der Waals surface area contributed by atoms with Gasteiger partial charge in [-0.1, -0.05) is 6.07 Å². The summed E-state index contributed by atoms with van der Waals surface area (Å²) in [5.74, 6) is 7.59. The lowest BCUT2D eigenvalue weighted by atomic mass is 10.1. The number of rotatable bonds is 4. The number of hydrogen-bond donors (Lipinski definition) is 3. The summed E-state index contributed by atoms with van der Waals surface area (Å²) in [6.07, 6.45) is 0.827. The molecule has 0 aromatic heterocycles. The topological polar surface area (TPSA) is 80.9 Å². The van der Waals surface area contributed by atoms with E-state index in [9.17, 15) is 0 Å². The molecule has 1 aliphatic rings. The monoisotopic (exact) mass is 264 g/mol. The van der Waals surface area contributed by atoms with Crippen molar-refractivity contribution >= 4 is 5.96 Å². The third-order valence-electron chi connectivity index (χ3n) is 2.76. The summed E-state index contributed by atoms with van der Waals surface area (Å²) in [7, 11) is 0. The van der Waals surface area contributed by atoms with Crippen molar-refractivity contribution in [1.29, 1.82) is 0 Å². The van der Waals surface area contributed by atoms with Crippen LogP contribution in [0.15, 0.2) is 23.2 Å². The van der Waals surface area contributed by atoms with Gasteiger partial charge in [-0.05, 0) is 31.0 Å². The fourth-order valence-electron chi connectivity index (χ4n) is 1.86. The molecule has 2 rings (SSSR count). The molecule has 0 fully saturated rings. The quantitative estimate of drug-likeness (QED) is 0.318. The van der Waals surface area contributed by atoms with Gasteiger partial charge in [0.15, 0.2) is 11.5 Å². The molecule has 1 aliphatic heterocycles. The maximum Gasteiger partial charge on any atom is 0.205 e. The average molecular weight is 264 g/mol. The molecule has 6 nitrogen and oxygen atoms in total. The summed E-state index contributed by atoms with van der Waals surface area (Å²) in [6.45, 7) is 4.66. The molecule has 1 aromatic rings. The van der Waals surface area contributed by atoms with E-state index in [2.05, 4.69) is 15.7 Å². The Bertz CT molecular complexity index is 448. The Morgan fingerprint density at radius 2 is 2.11 bits per heavy atom. The normalized spacial score (nSPS) is 14.1. The van der Waals surface area contributed by atoms with Crippen molar-refractivity contribution in [2.45, 2.75) is 13.3 Å². The van der Waals surface area contributed by atoms with Crippen LogP contribution in [0.4, 0.5) is 0 Å². The Hall–Kier alpha value is -1.95. The molecule has 0 atom stereocenters. The van der Waals surface area contributed by atoms with Crippen molar-refractivity contribution in [3.8, 4) is 11.5 Å². The van der Waals surface area contributed by atoms with E-state index in [0.717, 1.165) is 24.5 Å². The number of guanidine groups is 1. The van der Waals surface area contributed by atoms with Crippen LogP contribution in [0.2, 0.25) is 0 Å². The van der Waals surface area contributed by atoms with Gasteiger partial charge in [0, 0.05) is 13.1 Å². The first-order valence-electron chi connectivity index (χ1n) is 6.47. The first-order valence-corrected chi connectivity index (χ1v) is 6.47. The second kappa shape index (κ2) is 6.84. The molecule has 4 N–H and O–H groups in total. The second-order valence-corrected chi connectivity index (χ2v) is 4.13. The molecular weight excluding hydrogens is 244 g/mol.